The molecule has 0 radical (unpaired) electrons. The average Bonchev–Trinajstić information content (AvgIpc) is 2.98. The third-order valence-corrected chi connectivity index (χ3v) is 17.0. The van der Waals surface area contributed by atoms with Crippen molar-refractivity contribution in [2.45, 2.75) is 211 Å². The summed E-state index contributed by atoms with van der Waals surface area (Å²) < 4.78 is 13.0. The zero-order chi connectivity index (χ0) is 33.5. The summed E-state index contributed by atoms with van der Waals surface area (Å²) in [6.07, 6.45) is 46.3. The summed E-state index contributed by atoms with van der Waals surface area (Å²) in [5.74, 6) is 0. The number of allylic oxidation sites excluding steroid dienone is 4. The molecule has 0 heterocycles. The van der Waals surface area contributed by atoms with Crippen LogP contribution < -0.4 is 0 Å². The lowest BCUT2D eigenvalue weighted by molar-refractivity contribution is 0.333. The monoisotopic (exact) mass is 799 g/mol. The molecule has 0 aliphatic rings. The normalized spacial score (nSPS) is 12.8. The SMILES string of the molecule is CCCCCCCC/C=C\CCCCCCCCC(CCCCCCCC/C=C\CCCCCCCC)(P(=O)(O)O)[P+](C)(C)C.I. The Labute approximate surface area is 307 Å². The summed E-state index contributed by atoms with van der Waals surface area (Å²) in [6, 6.07) is 0. The van der Waals surface area contributed by atoms with Crippen molar-refractivity contribution in [1.29, 1.82) is 0 Å². The quantitative estimate of drug-likeness (QED) is 0.0295. The van der Waals surface area contributed by atoms with Crippen LogP contribution in [0.5, 0.6) is 0 Å². The predicted molar refractivity (Wildman–Crippen MR) is 223 cm³/mol. The van der Waals surface area contributed by atoms with E-state index in [-0.39, 0.29) is 24.0 Å². The Balaban J connectivity index is 0. The van der Waals surface area contributed by atoms with E-state index in [9.17, 15) is 14.4 Å². The lowest BCUT2D eigenvalue weighted by Crippen LogP contribution is -2.31. The van der Waals surface area contributed by atoms with E-state index >= 15 is 0 Å². The van der Waals surface area contributed by atoms with E-state index in [1.165, 1.54) is 154 Å². The number of hydrogen-bond acceptors (Lipinski definition) is 1. The van der Waals surface area contributed by atoms with Gasteiger partial charge in [0.2, 0.25) is 0 Å². The Kier molecular flexibility index (Phi) is 35.0. The minimum absolute atomic E-state index is 0. The lowest BCUT2D eigenvalue weighted by atomic mass is 10.0. The molecule has 0 saturated heterocycles. The topological polar surface area (TPSA) is 57.5 Å². The molecule has 0 rings (SSSR count). The van der Waals surface area contributed by atoms with E-state index in [1.54, 1.807) is 0 Å². The molecule has 46 heavy (non-hydrogen) atoms. The molecule has 0 aromatic heterocycles. The average molecular weight is 800 g/mol. The highest BCUT2D eigenvalue weighted by Crippen LogP contribution is 2.77. The van der Waals surface area contributed by atoms with Crippen molar-refractivity contribution in [1.82, 2.24) is 0 Å². The van der Waals surface area contributed by atoms with E-state index in [0.717, 1.165) is 25.7 Å². The van der Waals surface area contributed by atoms with Gasteiger partial charge in [0.05, 0.1) is 0 Å². The molecule has 0 aliphatic heterocycles. The molecule has 3 nitrogen and oxygen atoms in total. The fourth-order valence-corrected chi connectivity index (χ4v) is 12.5. The maximum absolute atomic E-state index is 13.0. The third-order valence-electron chi connectivity index (χ3n) is 9.97. The molecule has 2 N–H and O–H groups in total. The zero-order valence-electron chi connectivity index (χ0n) is 31.6. The van der Waals surface area contributed by atoms with Crippen LogP contribution in [0.25, 0.3) is 0 Å². The summed E-state index contributed by atoms with van der Waals surface area (Å²) in [4.78, 5) is 20.5. The second-order valence-electron chi connectivity index (χ2n) is 14.9. The molecule has 6 heteroatoms. The molecule has 0 aromatic rings. The fraction of sp³-hybridized carbons (Fsp3) is 0.900. The van der Waals surface area contributed by atoms with Crippen molar-refractivity contribution in [3.05, 3.63) is 24.3 Å². The van der Waals surface area contributed by atoms with Crippen LogP contribution in [-0.2, 0) is 4.57 Å². The molecule has 0 amide bonds. The van der Waals surface area contributed by atoms with E-state index < -0.39 is 19.8 Å². The van der Waals surface area contributed by atoms with Gasteiger partial charge in [-0.15, -0.1) is 24.0 Å². The second-order valence-corrected chi connectivity index (χ2v) is 22.1. The van der Waals surface area contributed by atoms with Gasteiger partial charge in [-0.2, -0.15) is 0 Å². The molecule has 0 spiro atoms. The minimum Gasteiger partial charge on any atom is -0.321 e. The number of hydrogen-bond donors (Lipinski definition) is 2. The van der Waals surface area contributed by atoms with Gasteiger partial charge in [-0.1, -0.05) is 154 Å². The molecule has 0 saturated carbocycles. The van der Waals surface area contributed by atoms with Crippen molar-refractivity contribution in [3.63, 3.8) is 0 Å². The number of rotatable bonds is 34. The van der Waals surface area contributed by atoms with Gasteiger partial charge in [0.15, 0.2) is 4.90 Å². The van der Waals surface area contributed by atoms with E-state index in [0.29, 0.717) is 12.8 Å². The first kappa shape index (κ1) is 48.9. The fourth-order valence-electron chi connectivity index (χ4n) is 6.79. The Bertz CT molecular complexity index is 699. The molecule has 276 valence electrons. The maximum Gasteiger partial charge on any atom is 0.368 e. The first-order valence-electron chi connectivity index (χ1n) is 19.8. The van der Waals surface area contributed by atoms with Gasteiger partial charge in [0, 0.05) is 27.3 Å². The molecule has 0 unspecified atom stereocenters. The Hall–Kier alpha value is 0.790. The van der Waals surface area contributed by atoms with Gasteiger partial charge in [0.1, 0.15) is 0 Å². The Morgan fingerprint density at radius 1 is 0.457 bits per heavy atom. The van der Waals surface area contributed by atoms with Crippen LogP contribution in [0.3, 0.4) is 0 Å². The van der Waals surface area contributed by atoms with Gasteiger partial charge in [-0.25, -0.2) is 0 Å². The predicted octanol–water partition coefficient (Wildman–Crippen LogP) is 15.2. The summed E-state index contributed by atoms with van der Waals surface area (Å²) in [5.41, 5.74) is 0. The van der Waals surface area contributed by atoms with Crippen LogP contribution in [0.2, 0.25) is 0 Å². The third kappa shape index (κ3) is 26.6. The first-order valence-corrected chi connectivity index (χ1v) is 24.5. The zero-order valence-corrected chi connectivity index (χ0v) is 35.7. The van der Waals surface area contributed by atoms with Gasteiger partial charge < -0.3 is 9.79 Å². The highest BCUT2D eigenvalue weighted by Gasteiger charge is 2.59. The summed E-state index contributed by atoms with van der Waals surface area (Å²) >= 11 is 0. The summed E-state index contributed by atoms with van der Waals surface area (Å²) in [7, 11) is -5.91. The van der Waals surface area contributed by atoms with Crippen LogP contribution in [-0.4, -0.2) is 34.7 Å². The molecular formula is C40H82IO3P2+. The standard InChI is InChI=1S/C40H80O3P2.HI/c1-6-8-10-12-14-16-18-20-22-24-26-28-30-32-34-36-38-40(44(3,4)5,45(41,42)43)39-37-35-33-31-29-27-25-23-21-19-17-15-13-11-9-7-2;/h20-23H,6-19,24-39H2,1-5H3,(H-,41,42,43);1H/p+1/b22-20-,23-21-;. The smallest absolute Gasteiger partial charge is 0.321 e. The van der Waals surface area contributed by atoms with Crippen LogP contribution in [0.1, 0.15) is 206 Å². The van der Waals surface area contributed by atoms with E-state index in [1.807, 2.05) is 0 Å². The van der Waals surface area contributed by atoms with Crippen molar-refractivity contribution < 1.29 is 14.4 Å². The van der Waals surface area contributed by atoms with E-state index in [4.69, 9.17) is 0 Å². The van der Waals surface area contributed by atoms with Crippen molar-refractivity contribution >= 4 is 38.8 Å². The summed E-state index contributed by atoms with van der Waals surface area (Å²) in [5, 5.41) is 0. The Morgan fingerprint density at radius 2 is 0.696 bits per heavy atom. The Morgan fingerprint density at radius 3 is 0.935 bits per heavy atom. The van der Waals surface area contributed by atoms with Gasteiger partial charge in [-0.3, -0.25) is 4.57 Å². The number of unbranched alkanes of at least 4 members (excludes halogenated alkanes) is 24. The van der Waals surface area contributed by atoms with Crippen LogP contribution >= 0.6 is 38.8 Å². The largest absolute Gasteiger partial charge is 0.368 e. The molecule has 0 atom stereocenters. The molecular weight excluding hydrogens is 717 g/mol. The first-order chi connectivity index (χ1) is 21.6. The number of halogens is 1. The van der Waals surface area contributed by atoms with Gasteiger partial charge in [-0.05, 0) is 77.0 Å². The van der Waals surface area contributed by atoms with Crippen LogP contribution in [0, 0.1) is 0 Å². The summed E-state index contributed by atoms with van der Waals surface area (Å²) in [6.45, 7) is 11.0. The van der Waals surface area contributed by atoms with Crippen molar-refractivity contribution in [2.75, 3.05) is 20.0 Å². The van der Waals surface area contributed by atoms with Crippen molar-refractivity contribution in [2.24, 2.45) is 0 Å². The molecule has 0 aliphatic carbocycles. The van der Waals surface area contributed by atoms with Crippen LogP contribution in [0.4, 0.5) is 0 Å². The van der Waals surface area contributed by atoms with Crippen molar-refractivity contribution in [3.8, 4) is 0 Å². The van der Waals surface area contributed by atoms with Gasteiger partial charge in [0.25, 0.3) is 0 Å². The van der Waals surface area contributed by atoms with E-state index in [2.05, 4.69) is 58.1 Å². The second kappa shape index (κ2) is 33.0. The molecule has 0 bridgehead atoms. The maximum atomic E-state index is 13.0. The lowest BCUT2D eigenvalue weighted by Gasteiger charge is -2.39. The minimum atomic E-state index is -4.17. The molecule has 0 fully saturated rings. The van der Waals surface area contributed by atoms with Gasteiger partial charge >= 0.3 is 7.60 Å². The highest BCUT2D eigenvalue weighted by molar-refractivity contribution is 14.0. The highest BCUT2D eigenvalue weighted by atomic mass is 127. The molecule has 0 aromatic carbocycles. The van der Waals surface area contributed by atoms with Crippen LogP contribution in [0.15, 0.2) is 24.3 Å².